The lowest BCUT2D eigenvalue weighted by atomic mass is 10.1. The predicted molar refractivity (Wildman–Crippen MR) is 45.9 cm³/mol. The van der Waals surface area contributed by atoms with Crippen molar-refractivity contribution >= 4 is 31.9 Å². The fourth-order valence-electron chi connectivity index (χ4n) is 0.342. The Morgan fingerprint density at radius 1 is 1.60 bits per heavy atom. The summed E-state index contributed by atoms with van der Waals surface area (Å²) in [5.74, 6) is 0. The highest BCUT2D eigenvalue weighted by Gasteiger charge is 2.28. The van der Waals surface area contributed by atoms with E-state index in [1.807, 2.05) is 12.1 Å². The Kier molecular flexibility index (Phi) is 3.93. The molecule has 0 aromatic rings. The van der Waals surface area contributed by atoms with Gasteiger partial charge in [-0.05, 0) is 6.92 Å². The molecule has 2 atom stereocenters. The molecule has 0 bridgehead atoms. The van der Waals surface area contributed by atoms with E-state index in [4.69, 9.17) is 10.5 Å². The van der Waals surface area contributed by atoms with Gasteiger partial charge in [-0.25, -0.2) is 0 Å². The molecule has 0 aliphatic carbocycles. The van der Waals surface area contributed by atoms with Gasteiger partial charge in [0.1, 0.15) is 4.32 Å². The van der Waals surface area contributed by atoms with Gasteiger partial charge in [0.15, 0.2) is 0 Å². The summed E-state index contributed by atoms with van der Waals surface area (Å²) in [5.41, 5.74) is 0. The zero-order valence-electron chi connectivity index (χ0n) is 5.43. The third kappa shape index (κ3) is 2.68. The fourth-order valence-corrected chi connectivity index (χ4v) is 0.751. The third-order valence-corrected chi connectivity index (χ3v) is 3.66. The first-order chi connectivity index (χ1) is 4.54. The van der Waals surface area contributed by atoms with Crippen LogP contribution in [0.25, 0.3) is 0 Å². The second-order valence-corrected chi connectivity index (χ2v) is 4.77. The van der Waals surface area contributed by atoms with Crippen molar-refractivity contribution in [3.8, 4) is 12.1 Å². The Morgan fingerprint density at radius 2 is 2.10 bits per heavy atom. The van der Waals surface area contributed by atoms with Gasteiger partial charge in [-0.15, -0.1) is 0 Å². The number of halogens is 2. The molecule has 2 nitrogen and oxygen atoms in total. The van der Waals surface area contributed by atoms with Gasteiger partial charge in [-0.1, -0.05) is 31.9 Å². The molecule has 0 saturated heterocycles. The molecule has 4 heteroatoms. The van der Waals surface area contributed by atoms with Crippen LogP contribution in [0, 0.1) is 22.7 Å². The van der Waals surface area contributed by atoms with Crippen molar-refractivity contribution in [3.05, 3.63) is 0 Å². The van der Waals surface area contributed by atoms with Crippen LogP contribution in [0.1, 0.15) is 13.3 Å². The monoisotopic (exact) mass is 264 g/mol. The topological polar surface area (TPSA) is 47.6 Å². The molecule has 0 aliphatic rings. The second-order valence-electron chi connectivity index (χ2n) is 2.02. The zero-order chi connectivity index (χ0) is 8.20. The van der Waals surface area contributed by atoms with Crippen LogP contribution >= 0.6 is 31.9 Å². The van der Waals surface area contributed by atoms with Gasteiger partial charge < -0.3 is 0 Å². The number of hydrogen-bond donors (Lipinski definition) is 0. The highest BCUT2D eigenvalue weighted by molar-refractivity contribution is 9.12. The van der Waals surface area contributed by atoms with E-state index in [9.17, 15) is 0 Å². The summed E-state index contributed by atoms with van der Waals surface area (Å²) < 4.78 is -0.636. The highest BCUT2D eigenvalue weighted by atomic mass is 79.9. The Morgan fingerprint density at radius 3 is 2.40 bits per heavy atom. The summed E-state index contributed by atoms with van der Waals surface area (Å²) in [5, 5.41) is 16.8. The van der Waals surface area contributed by atoms with Crippen molar-refractivity contribution in [2.75, 3.05) is 0 Å². The molecule has 0 radical (unpaired) electrons. The first kappa shape index (κ1) is 9.94. The quantitative estimate of drug-likeness (QED) is 0.720. The van der Waals surface area contributed by atoms with Crippen LogP contribution in [-0.4, -0.2) is 9.15 Å². The van der Waals surface area contributed by atoms with Crippen LogP contribution in [-0.2, 0) is 0 Å². The average Bonchev–Trinajstić information content (AvgIpc) is 1.89. The maximum absolute atomic E-state index is 8.55. The Balaban J connectivity index is 4.10. The van der Waals surface area contributed by atoms with Crippen molar-refractivity contribution in [1.82, 2.24) is 0 Å². The van der Waals surface area contributed by atoms with E-state index in [-0.39, 0.29) is 4.83 Å². The second kappa shape index (κ2) is 3.95. The van der Waals surface area contributed by atoms with Crippen molar-refractivity contribution < 1.29 is 0 Å². The van der Waals surface area contributed by atoms with Crippen molar-refractivity contribution in [3.63, 3.8) is 0 Å². The summed E-state index contributed by atoms with van der Waals surface area (Å²) in [6.07, 6.45) is 0.329. The van der Waals surface area contributed by atoms with E-state index in [1.165, 1.54) is 0 Å². The van der Waals surface area contributed by atoms with E-state index in [0.29, 0.717) is 6.42 Å². The number of hydrogen-bond acceptors (Lipinski definition) is 2. The standard InChI is InChI=1S/C6H6Br2N2/c1-6(8,4-10)5(7)2-3-9/h5H,2H2,1H3. The molecule has 0 saturated carbocycles. The lowest BCUT2D eigenvalue weighted by Crippen LogP contribution is -2.25. The number of nitrogens with zero attached hydrogens (tertiary/aromatic N) is 2. The smallest absolute Gasteiger partial charge is 0.123 e. The predicted octanol–water partition coefficient (Wildman–Crippen LogP) is 2.34. The average molecular weight is 266 g/mol. The molecular weight excluding hydrogens is 260 g/mol. The lowest BCUT2D eigenvalue weighted by molar-refractivity contribution is 0.771. The Hall–Kier alpha value is -0.0600. The fraction of sp³-hybridized carbons (Fsp3) is 0.667. The summed E-state index contributed by atoms with van der Waals surface area (Å²) >= 11 is 6.42. The SMILES string of the molecule is CC(Br)(C#N)C(Br)CC#N. The number of nitriles is 2. The summed E-state index contributed by atoms with van der Waals surface area (Å²) in [6.45, 7) is 1.73. The molecule has 0 aromatic heterocycles. The maximum Gasteiger partial charge on any atom is 0.123 e. The molecule has 0 N–H and O–H groups in total. The zero-order valence-corrected chi connectivity index (χ0v) is 8.61. The van der Waals surface area contributed by atoms with Crippen LogP contribution < -0.4 is 0 Å². The lowest BCUT2D eigenvalue weighted by Gasteiger charge is -2.16. The van der Waals surface area contributed by atoms with Crippen molar-refractivity contribution in [1.29, 1.82) is 10.5 Å². The molecule has 0 rings (SSSR count). The molecule has 54 valence electrons. The third-order valence-electron chi connectivity index (χ3n) is 1.08. The van der Waals surface area contributed by atoms with E-state index < -0.39 is 4.32 Å². The summed E-state index contributed by atoms with van der Waals surface area (Å²) in [7, 11) is 0. The van der Waals surface area contributed by atoms with Crippen LogP contribution in [0.4, 0.5) is 0 Å². The summed E-state index contributed by atoms with van der Waals surface area (Å²) in [4.78, 5) is -0.116. The van der Waals surface area contributed by atoms with Gasteiger partial charge >= 0.3 is 0 Å². The molecule has 10 heavy (non-hydrogen) atoms. The van der Waals surface area contributed by atoms with Gasteiger partial charge in [0, 0.05) is 6.42 Å². The maximum atomic E-state index is 8.55. The van der Waals surface area contributed by atoms with Crippen molar-refractivity contribution in [2.45, 2.75) is 22.5 Å². The van der Waals surface area contributed by atoms with E-state index >= 15 is 0 Å². The molecule has 2 unspecified atom stereocenters. The summed E-state index contributed by atoms with van der Waals surface area (Å²) in [6, 6.07) is 4.02. The minimum atomic E-state index is -0.636. The van der Waals surface area contributed by atoms with Crippen molar-refractivity contribution in [2.24, 2.45) is 0 Å². The van der Waals surface area contributed by atoms with Gasteiger partial charge in [-0.3, -0.25) is 0 Å². The van der Waals surface area contributed by atoms with E-state index in [2.05, 4.69) is 31.9 Å². The molecule has 0 fully saturated rings. The normalized spacial score (nSPS) is 18.1. The van der Waals surface area contributed by atoms with Crippen LogP contribution in [0.3, 0.4) is 0 Å². The van der Waals surface area contributed by atoms with Crippen LogP contribution in [0.15, 0.2) is 0 Å². The molecule has 0 amide bonds. The van der Waals surface area contributed by atoms with Crippen LogP contribution in [0.5, 0.6) is 0 Å². The minimum absolute atomic E-state index is 0.116. The Labute approximate surface area is 77.1 Å². The molecule has 0 heterocycles. The largest absolute Gasteiger partial charge is 0.198 e. The molecular formula is C6H6Br2N2. The minimum Gasteiger partial charge on any atom is -0.198 e. The van der Waals surface area contributed by atoms with Crippen LogP contribution in [0.2, 0.25) is 0 Å². The van der Waals surface area contributed by atoms with E-state index in [0.717, 1.165) is 0 Å². The van der Waals surface area contributed by atoms with Gasteiger partial charge in [0.25, 0.3) is 0 Å². The van der Waals surface area contributed by atoms with Gasteiger partial charge in [0.2, 0.25) is 0 Å². The Bertz CT molecular complexity index is 187. The van der Waals surface area contributed by atoms with Gasteiger partial charge in [-0.2, -0.15) is 10.5 Å². The molecule has 0 aromatic carbocycles. The number of rotatable bonds is 2. The first-order valence-electron chi connectivity index (χ1n) is 2.65. The molecule has 0 aliphatic heterocycles. The van der Waals surface area contributed by atoms with Gasteiger partial charge in [0.05, 0.1) is 17.0 Å². The first-order valence-corrected chi connectivity index (χ1v) is 4.36. The number of alkyl halides is 2. The highest BCUT2D eigenvalue weighted by Crippen LogP contribution is 2.28. The van der Waals surface area contributed by atoms with E-state index in [1.54, 1.807) is 6.92 Å². The molecule has 0 spiro atoms.